The van der Waals surface area contributed by atoms with Crippen molar-refractivity contribution in [3.05, 3.63) is 0 Å². The van der Waals surface area contributed by atoms with Crippen molar-refractivity contribution in [2.45, 2.75) is 65.0 Å². The molecule has 1 saturated heterocycles. The molecule has 0 aromatic carbocycles. The van der Waals surface area contributed by atoms with E-state index in [0.717, 1.165) is 26.2 Å². The number of ether oxygens (including phenoxy) is 1. The number of rotatable bonds is 8. The van der Waals surface area contributed by atoms with Gasteiger partial charge in [-0.3, -0.25) is 4.90 Å². The molecular formula is C15H32N2O. The molecule has 18 heavy (non-hydrogen) atoms. The minimum Gasteiger partial charge on any atom is -0.382 e. The van der Waals surface area contributed by atoms with Crippen molar-refractivity contribution >= 4 is 0 Å². The fraction of sp³-hybridized carbons (Fsp3) is 1.00. The van der Waals surface area contributed by atoms with Gasteiger partial charge in [-0.1, -0.05) is 20.8 Å². The van der Waals surface area contributed by atoms with Crippen molar-refractivity contribution in [2.75, 3.05) is 32.8 Å². The summed E-state index contributed by atoms with van der Waals surface area (Å²) in [6.07, 6.45) is 4.86. The topological polar surface area (TPSA) is 24.5 Å². The molecule has 108 valence electrons. The molecule has 1 rings (SSSR count). The van der Waals surface area contributed by atoms with Gasteiger partial charge in [0.05, 0.1) is 0 Å². The van der Waals surface area contributed by atoms with Gasteiger partial charge in [0.2, 0.25) is 0 Å². The third kappa shape index (κ3) is 3.94. The van der Waals surface area contributed by atoms with Crippen LogP contribution in [0.2, 0.25) is 0 Å². The Hall–Kier alpha value is -0.120. The molecule has 3 heteroatoms. The largest absolute Gasteiger partial charge is 0.382 e. The molecule has 1 heterocycles. The Morgan fingerprint density at radius 1 is 1.22 bits per heavy atom. The average molecular weight is 256 g/mol. The maximum Gasteiger partial charge on any atom is 0.0478 e. The summed E-state index contributed by atoms with van der Waals surface area (Å²) in [5, 5.41) is 3.72. The highest BCUT2D eigenvalue weighted by molar-refractivity contribution is 4.97. The molecule has 3 nitrogen and oxygen atoms in total. The first-order valence-corrected chi connectivity index (χ1v) is 7.78. The summed E-state index contributed by atoms with van der Waals surface area (Å²) >= 11 is 0. The van der Waals surface area contributed by atoms with Crippen LogP contribution in [-0.2, 0) is 4.74 Å². The van der Waals surface area contributed by atoms with Crippen molar-refractivity contribution in [3.63, 3.8) is 0 Å². The minimum absolute atomic E-state index is 0.373. The standard InChI is InChI=1S/C15H32N2O/c1-5-14-12-17(10-9-11-18-8-4)15(6-2,7-3)13-16-14/h14,16H,5-13H2,1-4H3. The van der Waals surface area contributed by atoms with Crippen LogP contribution < -0.4 is 5.32 Å². The highest BCUT2D eigenvalue weighted by Gasteiger charge is 2.37. The smallest absolute Gasteiger partial charge is 0.0478 e. The first-order chi connectivity index (χ1) is 8.72. The van der Waals surface area contributed by atoms with Gasteiger partial charge in [-0.2, -0.15) is 0 Å². The van der Waals surface area contributed by atoms with Gasteiger partial charge < -0.3 is 10.1 Å². The molecule has 1 unspecified atom stereocenters. The molecule has 0 aliphatic carbocycles. The summed E-state index contributed by atoms with van der Waals surface area (Å²) in [5.74, 6) is 0. The van der Waals surface area contributed by atoms with E-state index in [9.17, 15) is 0 Å². The second-order valence-corrected chi connectivity index (χ2v) is 5.41. The number of hydrogen-bond acceptors (Lipinski definition) is 3. The lowest BCUT2D eigenvalue weighted by Gasteiger charge is -2.49. The molecule has 0 radical (unpaired) electrons. The molecule has 1 aliphatic heterocycles. The Labute approximate surface area is 113 Å². The lowest BCUT2D eigenvalue weighted by molar-refractivity contribution is 0.0220. The molecule has 0 aromatic heterocycles. The van der Waals surface area contributed by atoms with Crippen LogP contribution in [0.15, 0.2) is 0 Å². The molecule has 0 aromatic rings. The third-order valence-corrected chi connectivity index (χ3v) is 4.56. The van der Waals surface area contributed by atoms with Crippen LogP contribution in [-0.4, -0.2) is 49.3 Å². The number of hydrogen-bond donors (Lipinski definition) is 1. The van der Waals surface area contributed by atoms with E-state index in [2.05, 4.69) is 37.9 Å². The molecule has 0 spiro atoms. The first-order valence-electron chi connectivity index (χ1n) is 7.78. The predicted molar refractivity (Wildman–Crippen MR) is 78.1 cm³/mol. The van der Waals surface area contributed by atoms with Crippen LogP contribution in [0.4, 0.5) is 0 Å². The Kier molecular flexibility index (Phi) is 7.20. The number of nitrogens with zero attached hydrogens (tertiary/aromatic N) is 1. The van der Waals surface area contributed by atoms with Gasteiger partial charge in [-0.15, -0.1) is 0 Å². The normalized spacial score (nSPS) is 24.3. The Bertz CT molecular complexity index is 217. The molecule has 1 atom stereocenters. The maximum atomic E-state index is 5.47. The third-order valence-electron chi connectivity index (χ3n) is 4.56. The Balaban J connectivity index is 2.53. The van der Waals surface area contributed by atoms with Crippen molar-refractivity contribution < 1.29 is 4.74 Å². The zero-order valence-electron chi connectivity index (χ0n) is 12.8. The lowest BCUT2D eigenvalue weighted by atomic mass is 9.86. The summed E-state index contributed by atoms with van der Waals surface area (Å²) < 4.78 is 5.47. The zero-order chi connectivity index (χ0) is 13.4. The van der Waals surface area contributed by atoms with Gasteiger partial charge in [0.1, 0.15) is 0 Å². The van der Waals surface area contributed by atoms with Crippen molar-refractivity contribution in [1.29, 1.82) is 0 Å². The highest BCUT2D eigenvalue weighted by Crippen LogP contribution is 2.27. The maximum absolute atomic E-state index is 5.47. The van der Waals surface area contributed by atoms with Gasteiger partial charge >= 0.3 is 0 Å². The SMILES string of the molecule is CCOCCCN1CC(CC)NCC1(CC)CC. The fourth-order valence-corrected chi connectivity index (χ4v) is 3.02. The second kappa shape index (κ2) is 8.13. The van der Waals surface area contributed by atoms with Crippen molar-refractivity contribution in [3.8, 4) is 0 Å². The molecule has 0 bridgehead atoms. The summed E-state index contributed by atoms with van der Waals surface area (Å²) in [6.45, 7) is 14.3. The Morgan fingerprint density at radius 3 is 2.50 bits per heavy atom. The zero-order valence-corrected chi connectivity index (χ0v) is 12.8. The number of nitrogens with one attached hydrogen (secondary N) is 1. The summed E-state index contributed by atoms with van der Waals surface area (Å²) in [7, 11) is 0. The molecule has 1 aliphatic rings. The van der Waals surface area contributed by atoms with Crippen LogP contribution in [0.1, 0.15) is 53.4 Å². The van der Waals surface area contributed by atoms with E-state index >= 15 is 0 Å². The molecular weight excluding hydrogens is 224 g/mol. The van der Waals surface area contributed by atoms with Gasteiger partial charge in [-0.05, 0) is 32.6 Å². The van der Waals surface area contributed by atoms with Crippen molar-refractivity contribution in [1.82, 2.24) is 10.2 Å². The van der Waals surface area contributed by atoms with E-state index < -0.39 is 0 Å². The Morgan fingerprint density at radius 2 is 1.94 bits per heavy atom. The molecule has 0 saturated carbocycles. The van der Waals surface area contributed by atoms with E-state index in [0.29, 0.717) is 11.6 Å². The number of piperazine rings is 1. The summed E-state index contributed by atoms with van der Waals surface area (Å²) in [6, 6.07) is 0.670. The van der Waals surface area contributed by atoms with Crippen LogP contribution in [0.5, 0.6) is 0 Å². The van der Waals surface area contributed by atoms with Gasteiger partial charge in [-0.25, -0.2) is 0 Å². The predicted octanol–water partition coefficient (Wildman–Crippen LogP) is 2.66. The van der Waals surface area contributed by atoms with E-state index in [1.807, 2.05) is 0 Å². The van der Waals surface area contributed by atoms with E-state index in [-0.39, 0.29) is 0 Å². The van der Waals surface area contributed by atoms with Crippen LogP contribution >= 0.6 is 0 Å². The lowest BCUT2D eigenvalue weighted by Crippen LogP contribution is -2.64. The minimum atomic E-state index is 0.373. The first kappa shape index (κ1) is 15.9. The van der Waals surface area contributed by atoms with Crippen molar-refractivity contribution in [2.24, 2.45) is 0 Å². The fourth-order valence-electron chi connectivity index (χ4n) is 3.02. The van der Waals surface area contributed by atoms with E-state index in [1.165, 1.54) is 32.4 Å². The van der Waals surface area contributed by atoms with E-state index in [1.54, 1.807) is 0 Å². The molecule has 1 fully saturated rings. The van der Waals surface area contributed by atoms with Gasteiger partial charge in [0, 0.05) is 44.4 Å². The second-order valence-electron chi connectivity index (χ2n) is 5.41. The monoisotopic (exact) mass is 256 g/mol. The van der Waals surface area contributed by atoms with E-state index in [4.69, 9.17) is 4.74 Å². The van der Waals surface area contributed by atoms with Gasteiger partial charge in [0.25, 0.3) is 0 Å². The molecule has 0 amide bonds. The summed E-state index contributed by atoms with van der Waals surface area (Å²) in [5.41, 5.74) is 0.373. The quantitative estimate of drug-likeness (QED) is 0.676. The van der Waals surface area contributed by atoms with Crippen LogP contribution in [0.3, 0.4) is 0 Å². The highest BCUT2D eigenvalue weighted by atomic mass is 16.5. The molecule has 1 N–H and O–H groups in total. The summed E-state index contributed by atoms with van der Waals surface area (Å²) in [4.78, 5) is 2.72. The van der Waals surface area contributed by atoms with Crippen LogP contribution in [0, 0.1) is 0 Å². The average Bonchev–Trinajstić information content (AvgIpc) is 2.43. The van der Waals surface area contributed by atoms with Gasteiger partial charge in [0.15, 0.2) is 0 Å². The van der Waals surface area contributed by atoms with Crippen LogP contribution in [0.25, 0.3) is 0 Å².